The number of para-hydroxylation sites is 4. The van der Waals surface area contributed by atoms with Crippen molar-refractivity contribution in [3.63, 3.8) is 0 Å². The van der Waals surface area contributed by atoms with Gasteiger partial charge in [0.1, 0.15) is 0 Å². The summed E-state index contributed by atoms with van der Waals surface area (Å²) in [7, 11) is 0. The Labute approximate surface area is 386 Å². The standard InChI is InChI=1S/C60H41N3S2/c1-5-15-44(16-6-1)61(45-17-7-2-8-18-45)48-29-25-42(26-30-48)43-27-31-49(32-28-43)63(51-33-36-54-53-23-13-14-24-57(53)64-59(54)40-51)52-34-37-55-56-39-50(35-38-58(56)65-60(55)41-52)62(46-19-9-3-10-20-46)47-21-11-4-12-22-47/h1-41H. The Balaban J connectivity index is 0.927. The van der Waals surface area contributed by atoms with Crippen molar-refractivity contribution in [3.05, 3.63) is 249 Å². The van der Waals surface area contributed by atoms with Gasteiger partial charge in [0.25, 0.3) is 0 Å². The molecule has 308 valence electrons. The number of nitrogens with zero attached hydrogens (tertiary/aromatic N) is 3. The molecule has 0 radical (unpaired) electrons. The van der Waals surface area contributed by atoms with Crippen LogP contribution in [-0.4, -0.2) is 0 Å². The molecule has 0 amide bonds. The van der Waals surface area contributed by atoms with Crippen molar-refractivity contribution < 1.29 is 0 Å². The summed E-state index contributed by atoms with van der Waals surface area (Å²) >= 11 is 3.71. The fraction of sp³-hybridized carbons (Fsp3) is 0. The zero-order valence-electron chi connectivity index (χ0n) is 35.3. The highest BCUT2D eigenvalue weighted by Crippen LogP contribution is 2.45. The molecule has 5 heteroatoms. The number of hydrogen-bond acceptors (Lipinski definition) is 5. The maximum atomic E-state index is 2.41. The topological polar surface area (TPSA) is 9.72 Å². The van der Waals surface area contributed by atoms with Crippen LogP contribution in [0.4, 0.5) is 51.2 Å². The number of fused-ring (bicyclic) bond motifs is 6. The summed E-state index contributed by atoms with van der Waals surface area (Å²) in [6.45, 7) is 0. The van der Waals surface area contributed by atoms with Crippen molar-refractivity contribution in [3.8, 4) is 11.1 Å². The van der Waals surface area contributed by atoms with Crippen LogP contribution in [-0.2, 0) is 0 Å². The van der Waals surface area contributed by atoms with Gasteiger partial charge in [-0.15, -0.1) is 22.7 Å². The molecule has 0 aliphatic carbocycles. The van der Waals surface area contributed by atoms with Crippen molar-refractivity contribution in [1.29, 1.82) is 0 Å². The molecule has 0 aliphatic heterocycles. The average molecular weight is 868 g/mol. The lowest BCUT2D eigenvalue weighted by atomic mass is 10.0. The minimum Gasteiger partial charge on any atom is -0.311 e. The van der Waals surface area contributed by atoms with Crippen molar-refractivity contribution >= 4 is 114 Å². The predicted octanol–water partition coefficient (Wildman–Crippen LogP) is 18.5. The van der Waals surface area contributed by atoms with Gasteiger partial charge in [-0.05, 0) is 132 Å². The highest BCUT2D eigenvalue weighted by Gasteiger charge is 2.19. The molecule has 0 unspecified atom stereocenters. The van der Waals surface area contributed by atoms with Gasteiger partial charge in [0.05, 0.1) is 0 Å². The molecule has 0 atom stereocenters. The third-order valence-corrected chi connectivity index (χ3v) is 14.5. The van der Waals surface area contributed by atoms with Gasteiger partial charge in [0, 0.05) is 91.5 Å². The van der Waals surface area contributed by atoms with E-state index in [1.807, 2.05) is 22.7 Å². The smallest absolute Gasteiger partial charge is 0.0476 e. The van der Waals surface area contributed by atoms with Gasteiger partial charge in [-0.1, -0.05) is 127 Å². The summed E-state index contributed by atoms with van der Waals surface area (Å²) in [5, 5.41) is 5.12. The van der Waals surface area contributed by atoms with Gasteiger partial charge >= 0.3 is 0 Å². The molecule has 0 N–H and O–H groups in total. The minimum atomic E-state index is 1.11. The van der Waals surface area contributed by atoms with Crippen LogP contribution in [0.15, 0.2) is 249 Å². The average Bonchev–Trinajstić information content (AvgIpc) is 3.93. The fourth-order valence-corrected chi connectivity index (χ4v) is 11.4. The van der Waals surface area contributed by atoms with E-state index in [2.05, 4.69) is 263 Å². The molecule has 3 nitrogen and oxygen atoms in total. The molecule has 10 aromatic carbocycles. The summed E-state index contributed by atoms with van der Waals surface area (Å²) < 4.78 is 5.11. The molecule has 65 heavy (non-hydrogen) atoms. The number of rotatable bonds is 10. The Kier molecular flexibility index (Phi) is 9.90. The number of anilines is 9. The lowest BCUT2D eigenvalue weighted by Gasteiger charge is -2.26. The predicted molar refractivity (Wildman–Crippen MR) is 282 cm³/mol. The van der Waals surface area contributed by atoms with Crippen LogP contribution in [0.1, 0.15) is 0 Å². The summed E-state index contributed by atoms with van der Waals surface area (Å²) in [6, 6.07) is 89.9. The summed E-state index contributed by atoms with van der Waals surface area (Å²) in [5.74, 6) is 0. The number of thiophene rings is 2. The van der Waals surface area contributed by atoms with Crippen molar-refractivity contribution in [2.45, 2.75) is 0 Å². The molecule has 0 saturated heterocycles. The summed E-state index contributed by atoms with van der Waals surface area (Å²) in [5.41, 5.74) is 12.5. The molecule has 0 bridgehead atoms. The fourth-order valence-electron chi connectivity index (χ4n) is 9.14. The van der Waals surface area contributed by atoms with E-state index in [-0.39, 0.29) is 0 Å². The van der Waals surface area contributed by atoms with Crippen molar-refractivity contribution in [2.75, 3.05) is 14.7 Å². The largest absolute Gasteiger partial charge is 0.311 e. The second kappa shape index (κ2) is 16.6. The van der Waals surface area contributed by atoms with Gasteiger partial charge < -0.3 is 14.7 Å². The first kappa shape index (κ1) is 38.7. The maximum Gasteiger partial charge on any atom is 0.0476 e. The molecule has 2 heterocycles. The lowest BCUT2D eigenvalue weighted by molar-refractivity contribution is 1.28. The quantitative estimate of drug-likeness (QED) is 0.136. The molecule has 12 aromatic rings. The van der Waals surface area contributed by atoms with E-state index >= 15 is 0 Å². The number of hydrogen-bond donors (Lipinski definition) is 0. The molecule has 0 spiro atoms. The van der Waals surface area contributed by atoms with E-state index in [0.29, 0.717) is 0 Å². The summed E-state index contributed by atoms with van der Waals surface area (Å²) in [4.78, 5) is 7.05. The normalized spacial score (nSPS) is 11.4. The highest BCUT2D eigenvalue weighted by molar-refractivity contribution is 7.26. The van der Waals surface area contributed by atoms with Crippen molar-refractivity contribution in [1.82, 2.24) is 0 Å². The SMILES string of the molecule is c1ccc(N(c2ccccc2)c2ccc(-c3ccc(N(c4ccc5c(c4)sc4ccccc45)c4ccc5c(c4)sc4ccc(N(c6ccccc6)c6ccccc6)cc45)cc3)cc2)cc1. The van der Waals surface area contributed by atoms with Gasteiger partial charge in [-0.3, -0.25) is 0 Å². The monoisotopic (exact) mass is 867 g/mol. The molecule has 0 fully saturated rings. The Bertz CT molecular complexity index is 3510. The second-order valence-electron chi connectivity index (χ2n) is 16.2. The number of benzene rings is 10. The van der Waals surface area contributed by atoms with Crippen LogP contribution in [0.25, 0.3) is 51.5 Å². The van der Waals surface area contributed by atoms with Crippen LogP contribution in [0.3, 0.4) is 0 Å². The van der Waals surface area contributed by atoms with Gasteiger partial charge in [0.2, 0.25) is 0 Å². The second-order valence-corrected chi connectivity index (χ2v) is 18.4. The Morgan fingerprint density at radius 3 is 0.985 bits per heavy atom. The van der Waals surface area contributed by atoms with E-state index in [4.69, 9.17) is 0 Å². The van der Waals surface area contributed by atoms with E-state index in [1.54, 1.807) is 0 Å². The first-order chi connectivity index (χ1) is 32.2. The molecule has 12 rings (SSSR count). The Morgan fingerprint density at radius 1 is 0.200 bits per heavy atom. The molecular formula is C60H41N3S2. The molecular weight excluding hydrogens is 827 g/mol. The summed E-state index contributed by atoms with van der Waals surface area (Å²) in [6.07, 6.45) is 0. The van der Waals surface area contributed by atoms with Gasteiger partial charge in [-0.2, -0.15) is 0 Å². The lowest BCUT2D eigenvalue weighted by Crippen LogP contribution is -2.10. The third kappa shape index (κ3) is 7.27. The van der Waals surface area contributed by atoms with E-state index < -0.39 is 0 Å². The maximum absolute atomic E-state index is 2.41. The zero-order chi connectivity index (χ0) is 43.1. The van der Waals surface area contributed by atoms with Crippen LogP contribution in [0.5, 0.6) is 0 Å². The van der Waals surface area contributed by atoms with E-state index in [9.17, 15) is 0 Å². The van der Waals surface area contributed by atoms with Crippen LogP contribution < -0.4 is 14.7 Å². The highest BCUT2D eigenvalue weighted by atomic mass is 32.1. The van der Waals surface area contributed by atoms with Crippen molar-refractivity contribution in [2.24, 2.45) is 0 Å². The third-order valence-electron chi connectivity index (χ3n) is 12.2. The minimum absolute atomic E-state index is 1.11. The van der Waals surface area contributed by atoms with Crippen LogP contribution in [0, 0.1) is 0 Å². The Morgan fingerprint density at radius 2 is 0.508 bits per heavy atom. The Hall–Kier alpha value is -7.96. The van der Waals surface area contributed by atoms with Crippen LogP contribution in [0.2, 0.25) is 0 Å². The first-order valence-corrected chi connectivity index (χ1v) is 23.5. The van der Waals surface area contributed by atoms with E-state index in [1.165, 1.54) is 51.5 Å². The molecule has 0 aliphatic rings. The first-order valence-electron chi connectivity index (χ1n) is 21.9. The van der Waals surface area contributed by atoms with Gasteiger partial charge in [-0.25, -0.2) is 0 Å². The van der Waals surface area contributed by atoms with Gasteiger partial charge in [0.15, 0.2) is 0 Å². The zero-order valence-corrected chi connectivity index (χ0v) is 37.0. The molecule has 0 saturated carbocycles. The van der Waals surface area contributed by atoms with E-state index in [0.717, 1.165) is 51.2 Å². The molecule has 2 aromatic heterocycles. The van der Waals surface area contributed by atoms with Crippen LogP contribution >= 0.6 is 22.7 Å².